The summed E-state index contributed by atoms with van der Waals surface area (Å²) in [6, 6.07) is 10.6. The summed E-state index contributed by atoms with van der Waals surface area (Å²) in [5, 5.41) is 18.4. The molecule has 0 fully saturated rings. The molecule has 3 N–H and O–H groups in total. The molecule has 0 aliphatic carbocycles. The molecule has 2 aromatic carbocycles. The van der Waals surface area contributed by atoms with Gasteiger partial charge in [-0.1, -0.05) is 6.07 Å². The van der Waals surface area contributed by atoms with Crippen molar-refractivity contribution in [2.75, 3.05) is 5.32 Å². The predicted molar refractivity (Wildman–Crippen MR) is 80.1 cm³/mol. The van der Waals surface area contributed by atoms with Crippen LogP contribution in [0.25, 0.3) is 11.3 Å². The van der Waals surface area contributed by atoms with Gasteiger partial charge in [-0.3, -0.25) is 5.10 Å². The van der Waals surface area contributed by atoms with Crippen molar-refractivity contribution in [3.8, 4) is 17.0 Å². The van der Waals surface area contributed by atoms with Crippen LogP contribution in [-0.2, 0) is 0 Å². The van der Waals surface area contributed by atoms with Crippen molar-refractivity contribution >= 4 is 11.5 Å². The highest BCUT2D eigenvalue weighted by molar-refractivity contribution is 5.67. The second-order valence-electron chi connectivity index (χ2n) is 4.90. The molecule has 0 saturated heterocycles. The van der Waals surface area contributed by atoms with Crippen LogP contribution < -0.4 is 5.32 Å². The van der Waals surface area contributed by atoms with E-state index in [2.05, 4.69) is 15.5 Å². The number of halogens is 2. The number of benzene rings is 2. The molecule has 3 rings (SSSR count). The summed E-state index contributed by atoms with van der Waals surface area (Å²) in [6.07, 6.45) is 0. The van der Waals surface area contributed by atoms with Crippen LogP contribution in [0, 0.1) is 18.6 Å². The van der Waals surface area contributed by atoms with Gasteiger partial charge in [-0.25, -0.2) is 8.78 Å². The van der Waals surface area contributed by atoms with E-state index in [0.717, 1.165) is 0 Å². The molecule has 0 bridgehead atoms. The number of hydrogen-bond donors (Lipinski definition) is 3. The fourth-order valence-electron chi connectivity index (χ4n) is 2.04. The monoisotopic (exact) mass is 301 g/mol. The van der Waals surface area contributed by atoms with Crippen molar-refractivity contribution in [3.05, 3.63) is 59.7 Å². The summed E-state index contributed by atoms with van der Waals surface area (Å²) >= 11 is 0. The molecule has 0 radical (unpaired) electrons. The largest absolute Gasteiger partial charge is 0.508 e. The average molecular weight is 301 g/mol. The Balaban J connectivity index is 1.90. The van der Waals surface area contributed by atoms with Gasteiger partial charge in [-0.2, -0.15) is 5.10 Å². The summed E-state index contributed by atoms with van der Waals surface area (Å²) in [5.41, 5.74) is 1.66. The molecule has 1 aromatic heterocycles. The SMILES string of the molecule is Cc1ccc(Nc2n[nH]c(-c3ccc(O)cc3)c2F)cc1F. The highest BCUT2D eigenvalue weighted by atomic mass is 19.1. The molecule has 4 nitrogen and oxygen atoms in total. The van der Waals surface area contributed by atoms with Crippen LogP contribution in [0.5, 0.6) is 5.75 Å². The molecule has 0 aliphatic heterocycles. The molecule has 0 spiro atoms. The maximum absolute atomic E-state index is 14.4. The van der Waals surface area contributed by atoms with Gasteiger partial charge in [0.15, 0.2) is 11.6 Å². The minimum absolute atomic E-state index is 0.0219. The van der Waals surface area contributed by atoms with Crippen molar-refractivity contribution in [3.63, 3.8) is 0 Å². The van der Waals surface area contributed by atoms with Gasteiger partial charge in [0.05, 0.1) is 0 Å². The van der Waals surface area contributed by atoms with E-state index in [0.29, 0.717) is 16.8 Å². The minimum atomic E-state index is -0.577. The predicted octanol–water partition coefficient (Wildman–Crippen LogP) is 4.11. The van der Waals surface area contributed by atoms with Crippen molar-refractivity contribution in [1.29, 1.82) is 0 Å². The molecular weight excluding hydrogens is 288 g/mol. The normalized spacial score (nSPS) is 10.7. The Morgan fingerprint density at radius 1 is 1.09 bits per heavy atom. The first-order valence-corrected chi connectivity index (χ1v) is 6.61. The Bertz CT molecular complexity index is 813. The van der Waals surface area contributed by atoms with Crippen LogP contribution >= 0.6 is 0 Å². The average Bonchev–Trinajstić information content (AvgIpc) is 2.85. The van der Waals surface area contributed by atoms with Crippen LogP contribution in [0.1, 0.15) is 5.56 Å². The lowest BCUT2D eigenvalue weighted by Crippen LogP contribution is -1.94. The van der Waals surface area contributed by atoms with Crippen LogP contribution in [0.2, 0.25) is 0 Å². The van der Waals surface area contributed by atoms with Gasteiger partial charge in [-0.15, -0.1) is 0 Å². The number of phenolic OH excluding ortho intramolecular Hbond substituents is 1. The van der Waals surface area contributed by atoms with Gasteiger partial charge in [0.2, 0.25) is 0 Å². The molecule has 0 atom stereocenters. The van der Waals surface area contributed by atoms with Crippen LogP contribution in [0.4, 0.5) is 20.3 Å². The summed E-state index contributed by atoms with van der Waals surface area (Å²) < 4.78 is 27.9. The van der Waals surface area contributed by atoms with E-state index in [1.807, 2.05) is 0 Å². The number of nitrogens with one attached hydrogen (secondary N) is 2. The standard InChI is InChI=1S/C16H13F2N3O/c1-9-2-5-11(8-13(9)17)19-16-14(18)15(20-21-16)10-3-6-12(22)7-4-10/h2-8,22H,1H3,(H2,19,20,21). The summed E-state index contributed by atoms with van der Waals surface area (Å²) in [6.45, 7) is 1.65. The van der Waals surface area contributed by atoms with Gasteiger partial charge in [-0.05, 0) is 48.9 Å². The molecule has 0 amide bonds. The zero-order valence-electron chi connectivity index (χ0n) is 11.7. The van der Waals surface area contributed by atoms with E-state index in [1.165, 1.54) is 18.2 Å². The van der Waals surface area contributed by atoms with Gasteiger partial charge in [0.1, 0.15) is 17.3 Å². The highest BCUT2D eigenvalue weighted by Gasteiger charge is 2.15. The number of aromatic hydroxyl groups is 1. The smallest absolute Gasteiger partial charge is 0.193 e. The first-order valence-electron chi connectivity index (χ1n) is 6.61. The maximum Gasteiger partial charge on any atom is 0.193 e. The molecule has 22 heavy (non-hydrogen) atoms. The van der Waals surface area contributed by atoms with Crippen molar-refractivity contribution in [2.24, 2.45) is 0 Å². The highest BCUT2D eigenvalue weighted by Crippen LogP contribution is 2.28. The van der Waals surface area contributed by atoms with E-state index in [4.69, 9.17) is 0 Å². The lowest BCUT2D eigenvalue weighted by Gasteiger charge is -2.04. The fourth-order valence-corrected chi connectivity index (χ4v) is 2.04. The first kappa shape index (κ1) is 14.1. The Morgan fingerprint density at radius 2 is 1.82 bits per heavy atom. The van der Waals surface area contributed by atoms with Gasteiger partial charge in [0, 0.05) is 11.3 Å². The number of aromatic amines is 1. The number of aromatic nitrogens is 2. The Labute approximate surface area is 125 Å². The van der Waals surface area contributed by atoms with E-state index in [9.17, 15) is 13.9 Å². The van der Waals surface area contributed by atoms with Crippen LogP contribution in [0.3, 0.4) is 0 Å². The third-order valence-corrected chi connectivity index (χ3v) is 3.30. The number of aryl methyl sites for hydroxylation is 1. The molecule has 3 aromatic rings. The van der Waals surface area contributed by atoms with E-state index >= 15 is 0 Å². The second kappa shape index (κ2) is 5.48. The Kier molecular flexibility index (Phi) is 3.50. The number of phenols is 1. The summed E-state index contributed by atoms with van der Waals surface area (Å²) in [7, 11) is 0. The molecule has 112 valence electrons. The van der Waals surface area contributed by atoms with Crippen molar-refractivity contribution in [2.45, 2.75) is 6.92 Å². The molecule has 0 saturated carbocycles. The van der Waals surface area contributed by atoms with Gasteiger partial charge >= 0.3 is 0 Å². The maximum atomic E-state index is 14.4. The Morgan fingerprint density at radius 3 is 2.50 bits per heavy atom. The van der Waals surface area contributed by atoms with E-state index in [1.54, 1.807) is 31.2 Å². The first-order chi connectivity index (χ1) is 10.5. The third-order valence-electron chi connectivity index (χ3n) is 3.30. The van der Waals surface area contributed by atoms with Crippen LogP contribution in [-0.4, -0.2) is 15.3 Å². The molecular formula is C16H13F2N3O. The lowest BCUT2D eigenvalue weighted by atomic mass is 10.1. The van der Waals surface area contributed by atoms with Gasteiger partial charge in [0.25, 0.3) is 0 Å². The third kappa shape index (κ3) is 2.63. The molecule has 6 heteroatoms. The van der Waals surface area contributed by atoms with Crippen molar-refractivity contribution in [1.82, 2.24) is 10.2 Å². The number of nitrogens with zero attached hydrogens (tertiary/aromatic N) is 1. The molecule has 0 aliphatic rings. The zero-order valence-corrected chi connectivity index (χ0v) is 11.7. The summed E-state index contributed by atoms with van der Waals surface area (Å²) in [4.78, 5) is 0. The number of hydrogen-bond acceptors (Lipinski definition) is 3. The fraction of sp³-hybridized carbons (Fsp3) is 0.0625. The van der Waals surface area contributed by atoms with E-state index < -0.39 is 5.82 Å². The number of anilines is 2. The lowest BCUT2D eigenvalue weighted by molar-refractivity contribution is 0.475. The van der Waals surface area contributed by atoms with E-state index in [-0.39, 0.29) is 23.1 Å². The van der Waals surface area contributed by atoms with Gasteiger partial charge < -0.3 is 10.4 Å². The van der Waals surface area contributed by atoms with Crippen LogP contribution in [0.15, 0.2) is 42.5 Å². The number of rotatable bonds is 3. The zero-order chi connectivity index (χ0) is 15.7. The minimum Gasteiger partial charge on any atom is -0.508 e. The van der Waals surface area contributed by atoms with Crippen molar-refractivity contribution < 1.29 is 13.9 Å². The summed E-state index contributed by atoms with van der Waals surface area (Å²) in [5.74, 6) is -0.880. The topological polar surface area (TPSA) is 60.9 Å². The Hall–Kier alpha value is -2.89. The molecule has 0 unspecified atom stereocenters. The molecule has 1 heterocycles. The number of H-pyrrole nitrogens is 1. The quantitative estimate of drug-likeness (QED) is 0.682. The second-order valence-corrected chi connectivity index (χ2v) is 4.90.